The lowest BCUT2D eigenvalue weighted by Gasteiger charge is -2.24. The van der Waals surface area contributed by atoms with Gasteiger partial charge in [-0.2, -0.15) is 10.5 Å². The Balaban J connectivity index is 2.66. The normalized spacial score (nSPS) is 11.2. The second-order valence-corrected chi connectivity index (χ2v) is 4.62. The fourth-order valence-electron chi connectivity index (χ4n) is 1.91. The lowest BCUT2D eigenvalue weighted by atomic mass is 10.1. The van der Waals surface area contributed by atoms with Crippen LogP contribution in [0.15, 0.2) is 24.3 Å². The first kappa shape index (κ1) is 16.5. The molecule has 3 N–H and O–H groups in total. The van der Waals surface area contributed by atoms with Crippen molar-refractivity contribution in [1.82, 2.24) is 4.90 Å². The molecule has 1 atom stereocenters. The summed E-state index contributed by atoms with van der Waals surface area (Å²) in [5, 5.41) is 26.4. The van der Waals surface area contributed by atoms with Crippen LogP contribution in [0.2, 0.25) is 0 Å². The predicted molar refractivity (Wildman–Crippen MR) is 76.8 cm³/mol. The number of hydrogen-bond donors (Lipinski definition) is 2. The highest BCUT2D eigenvalue weighted by molar-refractivity contribution is 5.82. The number of carbonyl (C=O) groups is 1. The number of amides is 1. The summed E-state index contributed by atoms with van der Waals surface area (Å²) >= 11 is 0. The van der Waals surface area contributed by atoms with E-state index in [0.29, 0.717) is 6.42 Å². The molecule has 0 bridgehead atoms. The first-order chi connectivity index (χ1) is 10.1. The molecule has 0 saturated heterocycles. The largest absolute Gasteiger partial charge is 0.508 e. The van der Waals surface area contributed by atoms with Crippen molar-refractivity contribution in [2.24, 2.45) is 5.73 Å². The Morgan fingerprint density at radius 1 is 1.19 bits per heavy atom. The standard InChI is InChI=1S/C15H18N4O2/c16-7-1-9-19(10-2-8-17)15(21)14(18)11-12-3-5-13(20)6-4-12/h3-6,14,20H,1-2,9-11,18H2/t14-/m1/s1. The minimum atomic E-state index is -0.730. The molecule has 1 aromatic carbocycles. The average Bonchev–Trinajstić information content (AvgIpc) is 2.49. The van der Waals surface area contributed by atoms with Gasteiger partial charge in [0.1, 0.15) is 5.75 Å². The second-order valence-electron chi connectivity index (χ2n) is 4.62. The van der Waals surface area contributed by atoms with Crippen LogP contribution in [0.4, 0.5) is 0 Å². The number of phenols is 1. The van der Waals surface area contributed by atoms with Crippen LogP contribution in [-0.4, -0.2) is 35.0 Å². The number of nitriles is 2. The quantitative estimate of drug-likeness (QED) is 0.773. The molecule has 0 unspecified atom stereocenters. The third kappa shape index (κ3) is 5.52. The van der Waals surface area contributed by atoms with E-state index in [1.165, 1.54) is 17.0 Å². The highest BCUT2D eigenvalue weighted by Crippen LogP contribution is 2.11. The second kappa shape index (κ2) is 8.57. The third-order valence-corrected chi connectivity index (χ3v) is 3.01. The van der Waals surface area contributed by atoms with E-state index in [0.717, 1.165) is 5.56 Å². The van der Waals surface area contributed by atoms with Crippen molar-refractivity contribution >= 4 is 5.91 Å². The van der Waals surface area contributed by atoms with Gasteiger partial charge in [0.25, 0.3) is 0 Å². The lowest BCUT2D eigenvalue weighted by Crippen LogP contribution is -2.45. The Morgan fingerprint density at radius 3 is 2.19 bits per heavy atom. The van der Waals surface area contributed by atoms with E-state index in [9.17, 15) is 9.90 Å². The monoisotopic (exact) mass is 286 g/mol. The van der Waals surface area contributed by atoms with Gasteiger partial charge in [0.15, 0.2) is 0 Å². The van der Waals surface area contributed by atoms with E-state index in [-0.39, 0.29) is 37.6 Å². The maximum atomic E-state index is 12.3. The molecule has 1 amide bonds. The Hall–Kier alpha value is -2.57. The van der Waals surface area contributed by atoms with Crippen molar-refractivity contribution in [2.45, 2.75) is 25.3 Å². The SMILES string of the molecule is N#CCCN(CCC#N)C(=O)[C@H](N)Cc1ccc(O)cc1. The van der Waals surface area contributed by atoms with Crippen LogP contribution in [0.25, 0.3) is 0 Å². The van der Waals surface area contributed by atoms with Crippen molar-refractivity contribution in [3.05, 3.63) is 29.8 Å². The molecule has 6 nitrogen and oxygen atoms in total. The Kier molecular flexibility index (Phi) is 6.73. The van der Waals surface area contributed by atoms with Gasteiger partial charge < -0.3 is 15.7 Å². The number of nitrogens with zero attached hydrogens (tertiary/aromatic N) is 3. The molecule has 0 aromatic heterocycles. The van der Waals surface area contributed by atoms with Crippen molar-refractivity contribution in [1.29, 1.82) is 10.5 Å². The number of carbonyl (C=O) groups excluding carboxylic acids is 1. The van der Waals surface area contributed by atoms with Crippen molar-refractivity contribution in [2.75, 3.05) is 13.1 Å². The topological polar surface area (TPSA) is 114 Å². The van der Waals surface area contributed by atoms with Crippen molar-refractivity contribution in [3.8, 4) is 17.9 Å². The average molecular weight is 286 g/mol. The summed E-state index contributed by atoms with van der Waals surface area (Å²) in [5.41, 5.74) is 6.75. The third-order valence-electron chi connectivity index (χ3n) is 3.01. The van der Waals surface area contributed by atoms with E-state index >= 15 is 0 Å². The zero-order valence-corrected chi connectivity index (χ0v) is 11.7. The molecule has 6 heteroatoms. The van der Waals surface area contributed by atoms with Gasteiger partial charge in [0, 0.05) is 13.1 Å². The van der Waals surface area contributed by atoms with E-state index in [1.54, 1.807) is 12.1 Å². The lowest BCUT2D eigenvalue weighted by molar-refractivity contribution is -0.132. The van der Waals surface area contributed by atoms with Gasteiger partial charge in [-0.1, -0.05) is 12.1 Å². The molecule has 1 rings (SSSR count). The summed E-state index contributed by atoms with van der Waals surface area (Å²) in [5.74, 6) is -0.114. The van der Waals surface area contributed by atoms with Crippen molar-refractivity contribution < 1.29 is 9.90 Å². The van der Waals surface area contributed by atoms with Gasteiger partial charge in [0.2, 0.25) is 5.91 Å². The Bertz CT molecular complexity index is 524. The summed E-state index contributed by atoms with van der Waals surface area (Å²) in [4.78, 5) is 13.7. The molecule has 0 radical (unpaired) electrons. The maximum absolute atomic E-state index is 12.3. The summed E-state index contributed by atoms with van der Waals surface area (Å²) < 4.78 is 0. The summed E-state index contributed by atoms with van der Waals surface area (Å²) in [6, 6.07) is 9.71. The molecular formula is C15H18N4O2. The Morgan fingerprint density at radius 2 is 1.71 bits per heavy atom. The zero-order valence-electron chi connectivity index (χ0n) is 11.7. The molecule has 0 saturated carbocycles. The molecule has 1 aromatic rings. The van der Waals surface area contributed by atoms with E-state index in [2.05, 4.69) is 0 Å². The van der Waals surface area contributed by atoms with E-state index in [1.807, 2.05) is 12.1 Å². The summed E-state index contributed by atoms with van der Waals surface area (Å²) in [7, 11) is 0. The van der Waals surface area contributed by atoms with Crippen LogP contribution in [0.5, 0.6) is 5.75 Å². The van der Waals surface area contributed by atoms with Gasteiger partial charge >= 0.3 is 0 Å². The molecule has 0 aliphatic heterocycles. The predicted octanol–water partition coefficient (Wildman–Crippen LogP) is 0.918. The molecule has 110 valence electrons. The van der Waals surface area contributed by atoms with Gasteiger partial charge in [-0.15, -0.1) is 0 Å². The number of rotatable bonds is 7. The van der Waals surface area contributed by atoms with Gasteiger partial charge in [-0.05, 0) is 24.1 Å². The highest BCUT2D eigenvalue weighted by atomic mass is 16.3. The minimum absolute atomic E-state index is 0.156. The van der Waals surface area contributed by atoms with Crippen LogP contribution in [0.1, 0.15) is 18.4 Å². The molecule has 0 spiro atoms. The number of aromatic hydroxyl groups is 1. The summed E-state index contributed by atoms with van der Waals surface area (Å²) in [6.45, 7) is 0.556. The van der Waals surface area contributed by atoms with Crippen LogP contribution in [-0.2, 0) is 11.2 Å². The van der Waals surface area contributed by atoms with E-state index in [4.69, 9.17) is 16.3 Å². The number of phenolic OH excluding ortho intramolecular Hbond substituents is 1. The smallest absolute Gasteiger partial charge is 0.239 e. The number of nitrogens with two attached hydrogens (primary N) is 1. The van der Waals surface area contributed by atoms with Gasteiger partial charge in [0.05, 0.1) is 31.0 Å². The fraction of sp³-hybridized carbons (Fsp3) is 0.400. The van der Waals surface area contributed by atoms with Gasteiger partial charge in [-0.3, -0.25) is 4.79 Å². The van der Waals surface area contributed by atoms with Crippen molar-refractivity contribution in [3.63, 3.8) is 0 Å². The maximum Gasteiger partial charge on any atom is 0.239 e. The molecule has 0 aliphatic rings. The molecule has 0 heterocycles. The van der Waals surface area contributed by atoms with Crippen LogP contribution < -0.4 is 5.73 Å². The van der Waals surface area contributed by atoms with Gasteiger partial charge in [-0.25, -0.2) is 0 Å². The molecular weight excluding hydrogens is 268 g/mol. The highest BCUT2D eigenvalue weighted by Gasteiger charge is 2.20. The molecule has 0 aliphatic carbocycles. The van der Waals surface area contributed by atoms with Crippen LogP contribution >= 0.6 is 0 Å². The number of benzene rings is 1. The fourth-order valence-corrected chi connectivity index (χ4v) is 1.91. The summed E-state index contributed by atoms with van der Waals surface area (Å²) in [6.07, 6.45) is 0.765. The molecule has 0 fully saturated rings. The first-order valence-corrected chi connectivity index (χ1v) is 6.64. The van der Waals surface area contributed by atoms with Crippen LogP contribution in [0.3, 0.4) is 0 Å². The minimum Gasteiger partial charge on any atom is -0.508 e. The molecule has 21 heavy (non-hydrogen) atoms. The first-order valence-electron chi connectivity index (χ1n) is 6.64. The number of hydrogen-bond acceptors (Lipinski definition) is 5. The van der Waals surface area contributed by atoms with Crippen LogP contribution in [0, 0.1) is 22.7 Å². The Labute approximate surface area is 124 Å². The zero-order chi connectivity index (χ0) is 15.7. The van der Waals surface area contributed by atoms with E-state index < -0.39 is 6.04 Å².